The van der Waals surface area contributed by atoms with Crippen LogP contribution in [0.5, 0.6) is 0 Å². The summed E-state index contributed by atoms with van der Waals surface area (Å²) < 4.78 is 144. The summed E-state index contributed by atoms with van der Waals surface area (Å²) in [6.07, 6.45) is -5.41. The number of hydrogen-bond acceptors (Lipinski definition) is 3. The maximum atomic E-state index is 12.8. The van der Waals surface area contributed by atoms with Crippen LogP contribution in [-0.2, 0) is 10.1 Å². The van der Waals surface area contributed by atoms with Crippen molar-refractivity contribution in [2.45, 2.75) is 42.5 Å². The van der Waals surface area contributed by atoms with Crippen LogP contribution in [0.1, 0.15) is 13.3 Å². The molecule has 0 bridgehead atoms. The topological polar surface area (TPSA) is 57.2 Å². The molecule has 14 heteroatoms. The first-order valence-corrected chi connectivity index (χ1v) is 6.00. The molecule has 0 aromatic heterocycles. The molecule has 0 aromatic carbocycles. The summed E-state index contributed by atoms with van der Waals surface area (Å²) in [4.78, 5) is 0. The van der Waals surface area contributed by atoms with Crippen molar-refractivity contribution in [1.82, 2.24) is 0 Å². The molecular formula is C7H6F9KO3S. The fourth-order valence-corrected chi connectivity index (χ4v) is 1.44. The third-order valence-corrected chi connectivity index (χ3v) is 3.13. The van der Waals surface area contributed by atoms with Gasteiger partial charge in [0.2, 0.25) is 0 Å². The Morgan fingerprint density at radius 1 is 0.952 bits per heavy atom. The molecular weight excluding hydrogens is 374 g/mol. The minimum Gasteiger partial charge on any atom is -0.743 e. The van der Waals surface area contributed by atoms with Crippen LogP contribution < -0.4 is 51.4 Å². The van der Waals surface area contributed by atoms with Gasteiger partial charge in [-0.05, 0) is 6.42 Å². The van der Waals surface area contributed by atoms with Crippen LogP contribution in [0, 0.1) is 0 Å². The first kappa shape index (κ1) is 24.2. The van der Waals surface area contributed by atoms with Crippen LogP contribution in [0.3, 0.4) is 0 Å². The van der Waals surface area contributed by atoms with E-state index in [1.54, 1.807) is 0 Å². The summed E-state index contributed by atoms with van der Waals surface area (Å²) in [5.74, 6) is -20.8. The molecule has 1 atom stereocenters. The van der Waals surface area contributed by atoms with Gasteiger partial charge in [0, 0.05) is 0 Å². The van der Waals surface area contributed by atoms with Crippen LogP contribution in [0.4, 0.5) is 39.5 Å². The smallest absolute Gasteiger partial charge is 0.743 e. The summed E-state index contributed by atoms with van der Waals surface area (Å²) >= 11 is 0. The molecule has 21 heavy (non-hydrogen) atoms. The van der Waals surface area contributed by atoms with Gasteiger partial charge in [-0.1, -0.05) is 6.92 Å². The van der Waals surface area contributed by atoms with E-state index >= 15 is 0 Å². The standard InChI is InChI=1S/C7H7F9O3S.K/c1-2-3(8)4(9,10)5(11,12)6(13,14)7(15,16)20(17,18)19;/h3H,2H2,1H3,(H,17,18,19);/q;+1/p-1. The summed E-state index contributed by atoms with van der Waals surface area (Å²) in [5.41, 5.74) is 0. The van der Waals surface area contributed by atoms with Gasteiger partial charge < -0.3 is 4.55 Å². The first-order valence-electron chi connectivity index (χ1n) is 4.59. The summed E-state index contributed by atoms with van der Waals surface area (Å²) in [6.45, 7) is 0.523. The Balaban J connectivity index is 0. The maximum absolute atomic E-state index is 12.8. The van der Waals surface area contributed by atoms with Crippen molar-refractivity contribution in [2.75, 3.05) is 0 Å². The van der Waals surface area contributed by atoms with E-state index in [1.165, 1.54) is 0 Å². The van der Waals surface area contributed by atoms with Crippen molar-refractivity contribution < 1.29 is 104 Å². The van der Waals surface area contributed by atoms with E-state index < -0.39 is 45.7 Å². The van der Waals surface area contributed by atoms with E-state index in [1.807, 2.05) is 0 Å². The monoisotopic (exact) mass is 380 g/mol. The van der Waals surface area contributed by atoms with Crippen LogP contribution in [0.15, 0.2) is 0 Å². The second-order valence-electron chi connectivity index (χ2n) is 3.62. The fraction of sp³-hybridized carbons (Fsp3) is 1.00. The molecule has 0 rings (SSSR count). The molecule has 0 N–H and O–H groups in total. The molecule has 0 amide bonds. The average molecular weight is 380 g/mol. The van der Waals surface area contributed by atoms with Crippen molar-refractivity contribution in [2.24, 2.45) is 0 Å². The Hall–Kier alpha value is 0.916. The van der Waals surface area contributed by atoms with Gasteiger partial charge in [-0.15, -0.1) is 0 Å². The molecule has 1 unspecified atom stereocenters. The van der Waals surface area contributed by atoms with E-state index in [-0.39, 0.29) is 51.4 Å². The maximum Gasteiger partial charge on any atom is 1.00 e. The second-order valence-corrected chi connectivity index (χ2v) is 5.04. The van der Waals surface area contributed by atoms with E-state index in [9.17, 15) is 52.5 Å². The van der Waals surface area contributed by atoms with Gasteiger partial charge in [0.05, 0.1) is 0 Å². The van der Waals surface area contributed by atoms with Gasteiger partial charge in [-0.2, -0.15) is 35.1 Å². The van der Waals surface area contributed by atoms with Gasteiger partial charge in [0.25, 0.3) is 0 Å². The minimum atomic E-state index is -7.41. The second kappa shape index (κ2) is 6.81. The first-order chi connectivity index (χ1) is 8.48. The van der Waals surface area contributed by atoms with Crippen LogP contribution in [-0.4, -0.2) is 42.2 Å². The number of alkyl halides is 9. The van der Waals surface area contributed by atoms with Gasteiger partial charge >= 0.3 is 74.4 Å². The predicted molar refractivity (Wildman–Crippen MR) is 44.7 cm³/mol. The van der Waals surface area contributed by atoms with Crippen molar-refractivity contribution in [3.63, 3.8) is 0 Å². The number of halogens is 9. The molecule has 0 saturated heterocycles. The largest absolute Gasteiger partial charge is 1.00 e. The predicted octanol–water partition coefficient (Wildman–Crippen LogP) is -0.218. The van der Waals surface area contributed by atoms with Crippen LogP contribution in [0.2, 0.25) is 0 Å². The molecule has 0 aliphatic rings. The molecule has 0 saturated carbocycles. The zero-order chi connectivity index (χ0) is 16.8. The average Bonchev–Trinajstić information content (AvgIpc) is 2.25. The van der Waals surface area contributed by atoms with Gasteiger partial charge in [0.1, 0.15) is 0 Å². The minimum absolute atomic E-state index is 0. The van der Waals surface area contributed by atoms with Gasteiger partial charge in [-0.3, -0.25) is 0 Å². The Morgan fingerprint density at radius 2 is 1.29 bits per heavy atom. The fourth-order valence-electron chi connectivity index (χ4n) is 1.00. The Kier molecular flexibility index (Phi) is 7.83. The molecule has 0 aliphatic carbocycles. The molecule has 0 aliphatic heterocycles. The molecule has 122 valence electrons. The Labute approximate surface area is 155 Å². The number of rotatable bonds is 6. The molecule has 3 nitrogen and oxygen atoms in total. The van der Waals surface area contributed by atoms with Crippen LogP contribution >= 0.6 is 0 Å². The third kappa shape index (κ3) is 3.71. The molecule has 0 aromatic rings. The quantitative estimate of drug-likeness (QED) is 0.364. The Bertz CT molecular complexity index is 464. The third-order valence-electron chi connectivity index (χ3n) is 2.24. The zero-order valence-corrected chi connectivity index (χ0v) is 14.3. The molecule has 0 radical (unpaired) electrons. The summed E-state index contributed by atoms with van der Waals surface area (Å²) in [7, 11) is -7.41. The van der Waals surface area contributed by atoms with Crippen molar-refractivity contribution in [3.05, 3.63) is 0 Å². The van der Waals surface area contributed by atoms with Crippen LogP contribution in [0.25, 0.3) is 0 Å². The SMILES string of the molecule is CCC(F)C(F)(F)C(F)(F)C(F)(F)C(F)(F)S(=O)(=O)[O-].[K+]. The van der Waals surface area contributed by atoms with Crippen molar-refractivity contribution >= 4 is 10.1 Å². The van der Waals surface area contributed by atoms with Crippen molar-refractivity contribution in [3.8, 4) is 0 Å². The zero-order valence-electron chi connectivity index (χ0n) is 10.3. The normalized spacial score (nSPS) is 16.3. The molecule has 0 spiro atoms. The van der Waals surface area contributed by atoms with E-state index in [4.69, 9.17) is 0 Å². The van der Waals surface area contributed by atoms with E-state index in [0.717, 1.165) is 0 Å². The van der Waals surface area contributed by atoms with Crippen molar-refractivity contribution in [1.29, 1.82) is 0 Å². The van der Waals surface area contributed by atoms with E-state index in [0.29, 0.717) is 6.92 Å². The van der Waals surface area contributed by atoms with E-state index in [2.05, 4.69) is 0 Å². The molecule has 0 fully saturated rings. The summed E-state index contributed by atoms with van der Waals surface area (Å²) in [6, 6.07) is 0. The van der Waals surface area contributed by atoms with Gasteiger partial charge in [-0.25, -0.2) is 12.8 Å². The number of hydrogen-bond donors (Lipinski definition) is 0. The Morgan fingerprint density at radius 3 is 1.52 bits per heavy atom. The summed E-state index contributed by atoms with van der Waals surface area (Å²) in [5, 5.41) is -7.06. The van der Waals surface area contributed by atoms with Gasteiger partial charge in [0.15, 0.2) is 16.3 Å². The molecule has 0 heterocycles.